The van der Waals surface area contributed by atoms with Crippen LogP contribution in [0.15, 0.2) is 34.8 Å². The number of carbonyl (C=O) groups excluding carboxylic acids is 1. The molecule has 9 heteroatoms. The van der Waals surface area contributed by atoms with Crippen molar-refractivity contribution in [3.8, 4) is 11.5 Å². The van der Waals surface area contributed by atoms with Gasteiger partial charge in [-0.1, -0.05) is 22.0 Å². The molecule has 0 bridgehead atoms. The van der Waals surface area contributed by atoms with Crippen molar-refractivity contribution in [2.24, 2.45) is 0 Å². The Labute approximate surface area is 200 Å². The topological polar surface area (TPSA) is 62.8 Å². The van der Waals surface area contributed by atoms with E-state index in [4.69, 9.17) is 9.47 Å². The number of ether oxygens (including phenoxy) is 2. The third-order valence-electron chi connectivity index (χ3n) is 7.07. The Hall–Kier alpha value is -2.39. The Morgan fingerprint density at radius 3 is 2.48 bits per heavy atom. The van der Waals surface area contributed by atoms with Crippen LogP contribution in [0.25, 0.3) is 0 Å². The number of halogens is 3. The van der Waals surface area contributed by atoms with E-state index in [0.29, 0.717) is 11.5 Å². The second kappa shape index (κ2) is 9.46. The first-order chi connectivity index (χ1) is 15.8. The lowest BCUT2D eigenvalue weighted by molar-refractivity contribution is 0.156. The molecule has 178 valence electrons. The van der Waals surface area contributed by atoms with Gasteiger partial charge in [0.05, 0.1) is 14.2 Å². The lowest BCUT2D eigenvalue weighted by Gasteiger charge is -2.45. The number of nitrogens with zero attached hydrogens (tertiary/aromatic N) is 1. The summed E-state index contributed by atoms with van der Waals surface area (Å²) in [4.78, 5) is 14.9. The second-order valence-corrected chi connectivity index (χ2v) is 9.70. The maximum atomic E-state index is 14.1. The van der Waals surface area contributed by atoms with Crippen molar-refractivity contribution < 1.29 is 23.0 Å². The van der Waals surface area contributed by atoms with Crippen LogP contribution in [0.1, 0.15) is 31.2 Å². The number of fused-ring (bicyclic) bond motifs is 1. The molecule has 0 spiro atoms. The average molecular weight is 524 g/mol. The Bertz CT molecular complexity index is 1030. The summed E-state index contributed by atoms with van der Waals surface area (Å²) in [6, 6.07) is 7.84. The summed E-state index contributed by atoms with van der Waals surface area (Å²) in [6.45, 7) is 0.952. The van der Waals surface area contributed by atoms with Crippen LogP contribution in [-0.4, -0.2) is 50.8 Å². The predicted molar refractivity (Wildman–Crippen MR) is 126 cm³/mol. The highest BCUT2D eigenvalue weighted by molar-refractivity contribution is 9.10. The largest absolute Gasteiger partial charge is 0.493 e. The number of hydrogen-bond acceptors (Lipinski definition) is 4. The summed E-state index contributed by atoms with van der Waals surface area (Å²) in [5.74, 6) is -0.261. The average Bonchev–Trinajstić information content (AvgIpc) is 3.13. The highest BCUT2D eigenvalue weighted by Gasteiger charge is 2.50. The van der Waals surface area contributed by atoms with E-state index in [1.807, 2.05) is 6.07 Å². The minimum absolute atomic E-state index is 0.0487. The fraction of sp³-hybridized carbons (Fsp3) is 0.458. The van der Waals surface area contributed by atoms with Gasteiger partial charge >= 0.3 is 6.03 Å². The van der Waals surface area contributed by atoms with E-state index in [0.717, 1.165) is 44.4 Å². The molecule has 2 aliphatic rings. The zero-order valence-corrected chi connectivity index (χ0v) is 20.5. The molecule has 1 heterocycles. The van der Waals surface area contributed by atoms with Crippen molar-refractivity contribution in [3.63, 3.8) is 0 Å². The van der Waals surface area contributed by atoms with Gasteiger partial charge in [-0.15, -0.1) is 0 Å². The van der Waals surface area contributed by atoms with Crippen LogP contribution in [0.4, 0.5) is 19.3 Å². The van der Waals surface area contributed by atoms with Crippen molar-refractivity contribution >= 4 is 27.6 Å². The van der Waals surface area contributed by atoms with Gasteiger partial charge in [0.25, 0.3) is 0 Å². The Balaban J connectivity index is 1.49. The summed E-state index contributed by atoms with van der Waals surface area (Å²) in [7, 11) is 5.35. The van der Waals surface area contributed by atoms with Gasteiger partial charge in [-0.05, 0) is 69.1 Å². The number of likely N-dealkylation sites (tertiary alicyclic amines) is 1. The standard InChI is InChI=1S/C24H28BrF2N3O3/c1-30-9-8-24(14-4-5-19(32-2)20(10-14)33-3)7-6-16(13-21(24)30)28-23(31)29-22-17(26)11-15(25)12-18(22)27/h4-5,10-12,16,21H,6-9,13H2,1-3H3,(H2,28,29,31). The maximum Gasteiger partial charge on any atom is 0.319 e. The summed E-state index contributed by atoms with van der Waals surface area (Å²) in [5.41, 5.74) is 0.702. The summed E-state index contributed by atoms with van der Waals surface area (Å²) < 4.78 is 39.4. The van der Waals surface area contributed by atoms with Gasteiger partial charge in [-0.3, -0.25) is 0 Å². The molecule has 3 unspecified atom stereocenters. The zero-order valence-electron chi connectivity index (χ0n) is 18.9. The first-order valence-electron chi connectivity index (χ1n) is 10.9. The van der Waals surface area contributed by atoms with Gasteiger partial charge in [-0.25, -0.2) is 13.6 Å². The lowest BCUT2D eigenvalue weighted by Crippen LogP contribution is -2.52. The van der Waals surface area contributed by atoms with Crippen molar-refractivity contribution in [3.05, 3.63) is 52.0 Å². The molecular weight excluding hydrogens is 496 g/mol. The number of anilines is 1. The van der Waals surface area contributed by atoms with Crippen LogP contribution in [0, 0.1) is 11.6 Å². The van der Waals surface area contributed by atoms with E-state index >= 15 is 0 Å². The van der Waals surface area contributed by atoms with Crippen molar-refractivity contribution in [2.75, 3.05) is 33.1 Å². The van der Waals surface area contributed by atoms with E-state index in [-0.39, 0.29) is 22.0 Å². The quantitative estimate of drug-likeness (QED) is 0.574. The normalized spacial score (nSPS) is 24.8. The maximum absolute atomic E-state index is 14.1. The van der Waals surface area contributed by atoms with E-state index in [2.05, 4.69) is 50.6 Å². The molecule has 33 heavy (non-hydrogen) atoms. The summed E-state index contributed by atoms with van der Waals surface area (Å²) >= 11 is 3.04. The number of likely N-dealkylation sites (N-methyl/N-ethyl adjacent to an activating group) is 1. The first kappa shape index (κ1) is 23.8. The monoisotopic (exact) mass is 523 g/mol. The second-order valence-electron chi connectivity index (χ2n) is 8.79. The molecule has 2 amide bonds. The molecule has 0 aromatic heterocycles. The smallest absolute Gasteiger partial charge is 0.319 e. The first-order valence-corrected chi connectivity index (χ1v) is 11.7. The van der Waals surface area contributed by atoms with Crippen LogP contribution >= 0.6 is 15.9 Å². The molecule has 1 aliphatic carbocycles. The lowest BCUT2D eigenvalue weighted by atomic mass is 9.65. The van der Waals surface area contributed by atoms with E-state index < -0.39 is 23.4 Å². The van der Waals surface area contributed by atoms with E-state index in [1.165, 1.54) is 5.56 Å². The van der Waals surface area contributed by atoms with Gasteiger partial charge in [0, 0.05) is 22.0 Å². The molecule has 6 nitrogen and oxygen atoms in total. The number of benzene rings is 2. The fourth-order valence-electron chi connectivity index (χ4n) is 5.39. The summed E-state index contributed by atoms with van der Waals surface area (Å²) in [6.07, 6.45) is 3.39. The van der Waals surface area contributed by atoms with Crippen LogP contribution < -0.4 is 20.1 Å². The number of hydrogen-bond donors (Lipinski definition) is 2. The third kappa shape index (κ3) is 4.53. The SMILES string of the molecule is COc1ccc(C23CCC(NC(=O)Nc4c(F)cc(Br)cc4F)CC2N(C)CC3)cc1OC. The highest BCUT2D eigenvalue weighted by atomic mass is 79.9. The highest BCUT2D eigenvalue weighted by Crippen LogP contribution is 2.49. The Morgan fingerprint density at radius 2 is 1.82 bits per heavy atom. The zero-order chi connectivity index (χ0) is 23.8. The number of methoxy groups -OCH3 is 2. The molecule has 3 atom stereocenters. The number of carbonyl (C=O) groups is 1. The van der Waals surface area contributed by atoms with Gasteiger partial charge in [-0.2, -0.15) is 0 Å². The number of rotatable bonds is 5. The van der Waals surface area contributed by atoms with Gasteiger partial charge in [0.2, 0.25) is 0 Å². The van der Waals surface area contributed by atoms with Crippen molar-refractivity contribution in [2.45, 2.75) is 43.2 Å². The molecule has 2 aromatic carbocycles. The van der Waals surface area contributed by atoms with Crippen molar-refractivity contribution in [1.29, 1.82) is 0 Å². The molecule has 1 saturated heterocycles. The molecule has 2 aromatic rings. The van der Waals surface area contributed by atoms with Gasteiger partial charge < -0.3 is 25.0 Å². The minimum Gasteiger partial charge on any atom is -0.493 e. The molecule has 1 saturated carbocycles. The number of nitrogens with one attached hydrogen (secondary N) is 2. The summed E-state index contributed by atoms with van der Waals surface area (Å²) in [5, 5.41) is 5.24. The Morgan fingerprint density at radius 1 is 1.12 bits per heavy atom. The van der Waals surface area contributed by atoms with Crippen molar-refractivity contribution in [1.82, 2.24) is 10.2 Å². The number of amides is 2. The predicted octanol–water partition coefficient (Wildman–Crippen LogP) is 5.06. The van der Waals surface area contributed by atoms with Crippen LogP contribution in [0.3, 0.4) is 0 Å². The number of urea groups is 1. The molecule has 4 rings (SSSR count). The molecule has 1 aliphatic heterocycles. The van der Waals surface area contributed by atoms with E-state index in [9.17, 15) is 13.6 Å². The molecular formula is C24H28BrF2N3O3. The molecule has 2 N–H and O–H groups in total. The minimum atomic E-state index is -0.830. The molecule has 2 fully saturated rings. The fourth-order valence-corrected chi connectivity index (χ4v) is 5.79. The Kier molecular flexibility index (Phi) is 6.81. The molecule has 0 radical (unpaired) electrons. The third-order valence-corrected chi connectivity index (χ3v) is 7.52. The van der Waals surface area contributed by atoms with Crippen LogP contribution in [0.5, 0.6) is 11.5 Å². The van der Waals surface area contributed by atoms with Gasteiger partial charge in [0.1, 0.15) is 5.69 Å². The van der Waals surface area contributed by atoms with Crippen LogP contribution in [0.2, 0.25) is 0 Å². The van der Waals surface area contributed by atoms with E-state index in [1.54, 1.807) is 14.2 Å². The van der Waals surface area contributed by atoms with Crippen LogP contribution in [-0.2, 0) is 5.41 Å². The van der Waals surface area contributed by atoms with Gasteiger partial charge in [0.15, 0.2) is 23.1 Å².